The van der Waals surface area contributed by atoms with Crippen LogP contribution < -0.4 is 15.2 Å². The monoisotopic (exact) mass is 606 g/mol. The zero-order valence-corrected chi connectivity index (χ0v) is 25.0. The highest BCUT2D eigenvalue weighted by Crippen LogP contribution is 2.42. The van der Waals surface area contributed by atoms with Gasteiger partial charge in [0.05, 0.1) is 30.0 Å². The van der Waals surface area contributed by atoms with Crippen LogP contribution in [0.5, 0.6) is 5.75 Å². The maximum atomic E-state index is 13.7. The van der Waals surface area contributed by atoms with Gasteiger partial charge in [0.15, 0.2) is 11.2 Å². The van der Waals surface area contributed by atoms with Crippen molar-refractivity contribution in [3.05, 3.63) is 75.0 Å². The molecule has 1 N–H and O–H groups in total. The molecule has 9 nitrogen and oxygen atoms in total. The molecule has 0 radical (unpaired) electrons. The number of aromatic amines is 1. The first kappa shape index (κ1) is 30.8. The fourth-order valence-corrected chi connectivity index (χ4v) is 6.17. The number of fused-ring (bicyclic) bond motifs is 1. The van der Waals surface area contributed by atoms with E-state index in [0.717, 1.165) is 29.8 Å². The minimum absolute atomic E-state index is 0.130. The first-order valence-electron chi connectivity index (χ1n) is 14.6. The molecule has 0 saturated carbocycles. The van der Waals surface area contributed by atoms with Gasteiger partial charge >= 0.3 is 6.18 Å². The van der Waals surface area contributed by atoms with Crippen LogP contribution in [0.2, 0.25) is 0 Å². The van der Waals surface area contributed by atoms with Gasteiger partial charge in [-0.15, -0.1) is 0 Å². The maximum absolute atomic E-state index is 13.7. The van der Waals surface area contributed by atoms with Gasteiger partial charge < -0.3 is 14.6 Å². The summed E-state index contributed by atoms with van der Waals surface area (Å²) in [4.78, 5) is 38.5. The number of nitrogens with zero attached hydrogens (tertiary/aromatic N) is 5. The summed E-state index contributed by atoms with van der Waals surface area (Å²) in [5.41, 5.74) is 1.37. The normalized spacial score (nSPS) is 17.0. The average Bonchev–Trinajstić information content (AvgIpc) is 3.48. The van der Waals surface area contributed by atoms with Crippen molar-refractivity contribution in [2.24, 2.45) is 13.0 Å². The molecule has 44 heavy (non-hydrogen) atoms. The molecule has 1 saturated heterocycles. The SMILES string of the molecule is [C-]#[N+]c1ccc(N2C(=O)C[C@H](Cc3ccc(OCC)c(-c4nc5c(CCC)nn(C)c5c(=O)[nH]4)c3)[C@@H]2CC)cc1C(F)(F)F. The van der Waals surface area contributed by atoms with Crippen molar-refractivity contribution in [1.82, 2.24) is 19.7 Å². The Kier molecular flexibility index (Phi) is 8.50. The molecule has 230 valence electrons. The lowest BCUT2D eigenvalue weighted by Crippen LogP contribution is -2.35. The molecule has 1 amide bonds. The van der Waals surface area contributed by atoms with E-state index in [2.05, 4.69) is 14.9 Å². The summed E-state index contributed by atoms with van der Waals surface area (Å²) in [6.07, 6.45) is -2.06. The highest BCUT2D eigenvalue weighted by Gasteiger charge is 2.41. The minimum atomic E-state index is -4.72. The molecule has 1 fully saturated rings. The maximum Gasteiger partial charge on any atom is 0.407 e. The Morgan fingerprint density at radius 2 is 1.91 bits per heavy atom. The van der Waals surface area contributed by atoms with E-state index in [1.165, 1.54) is 15.6 Å². The van der Waals surface area contributed by atoms with Gasteiger partial charge in [-0.3, -0.25) is 14.3 Å². The van der Waals surface area contributed by atoms with Crippen LogP contribution in [0.1, 0.15) is 56.9 Å². The molecule has 2 atom stereocenters. The van der Waals surface area contributed by atoms with Gasteiger partial charge in [0.1, 0.15) is 17.1 Å². The summed E-state index contributed by atoms with van der Waals surface area (Å²) < 4.78 is 48.5. The number of alkyl halides is 3. The Bertz CT molecular complexity index is 1820. The van der Waals surface area contributed by atoms with Crippen molar-refractivity contribution < 1.29 is 22.7 Å². The molecule has 4 aromatic rings. The predicted molar refractivity (Wildman–Crippen MR) is 161 cm³/mol. The molecule has 0 spiro atoms. The number of halogens is 3. The van der Waals surface area contributed by atoms with Crippen LogP contribution in [0.25, 0.3) is 27.3 Å². The molecule has 0 unspecified atom stereocenters. The van der Waals surface area contributed by atoms with Gasteiger partial charge in [-0.25, -0.2) is 9.83 Å². The second-order valence-corrected chi connectivity index (χ2v) is 10.9. The van der Waals surface area contributed by atoms with Gasteiger partial charge in [0.25, 0.3) is 5.56 Å². The van der Waals surface area contributed by atoms with E-state index in [1.54, 1.807) is 7.05 Å². The molecule has 3 heterocycles. The molecule has 0 bridgehead atoms. The number of carbonyl (C=O) groups is 1. The van der Waals surface area contributed by atoms with E-state index in [9.17, 15) is 22.8 Å². The summed E-state index contributed by atoms with van der Waals surface area (Å²) in [5.74, 6) is 0.426. The zero-order valence-electron chi connectivity index (χ0n) is 25.0. The first-order chi connectivity index (χ1) is 21.0. The number of rotatable bonds is 9. The summed E-state index contributed by atoms with van der Waals surface area (Å²) in [6, 6.07) is 8.66. The molecule has 1 aliphatic heterocycles. The Labute approximate surface area is 252 Å². The summed E-state index contributed by atoms with van der Waals surface area (Å²) in [7, 11) is 1.71. The fraction of sp³-hybridized carbons (Fsp3) is 0.406. The zero-order chi connectivity index (χ0) is 31.8. The van der Waals surface area contributed by atoms with Gasteiger partial charge in [-0.1, -0.05) is 32.4 Å². The number of anilines is 1. The van der Waals surface area contributed by atoms with E-state index in [1.807, 2.05) is 39.0 Å². The highest BCUT2D eigenvalue weighted by molar-refractivity contribution is 5.97. The Morgan fingerprint density at radius 1 is 1.14 bits per heavy atom. The first-order valence-corrected chi connectivity index (χ1v) is 14.6. The average molecular weight is 607 g/mol. The third-order valence-electron chi connectivity index (χ3n) is 8.03. The summed E-state index contributed by atoms with van der Waals surface area (Å²) in [5, 5.41) is 4.49. The lowest BCUT2D eigenvalue weighted by molar-refractivity contribution is -0.136. The van der Waals surface area contributed by atoms with E-state index in [4.69, 9.17) is 16.3 Å². The quantitative estimate of drug-likeness (QED) is 0.216. The van der Waals surface area contributed by atoms with Crippen molar-refractivity contribution in [3.8, 4) is 17.1 Å². The summed E-state index contributed by atoms with van der Waals surface area (Å²) in [6.45, 7) is 13.3. The lowest BCUT2D eigenvalue weighted by Gasteiger charge is -2.28. The molecular formula is C32H33F3N6O3. The Hall–Kier alpha value is -4.66. The highest BCUT2D eigenvalue weighted by atomic mass is 19.4. The smallest absolute Gasteiger partial charge is 0.407 e. The van der Waals surface area contributed by atoms with Crippen molar-refractivity contribution in [3.63, 3.8) is 0 Å². The number of benzene rings is 2. The Balaban J connectivity index is 1.51. The molecule has 5 rings (SSSR count). The van der Waals surface area contributed by atoms with Crippen LogP contribution in [0, 0.1) is 12.5 Å². The molecule has 1 aliphatic rings. The van der Waals surface area contributed by atoms with Gasteiger partial charge in [0.2, 0.25) is 5.91 Å². The number of amides is 1. The van der Waals surface area contributed by atoms with Crippen LogP contribution in [0.3, 0.4) is 0 Å². The molecule has 12 heteroatoms. The van der Waals surface area contributed by atoms with E-state index < -0.39 is 17.4 Å². The van der Waals surface area contributed by atoms with E-state index >= 15 is 0 Å². The van der Waals surface area contributed by atoms with E-state index in [-0.39, 0.29) is 35.5 Å². The Morgan fingerprint density at radius 3 is 2.57 bits per heavy atom. The number of aromatic nitrogens is 4. The van der Waals surface area contributed by atoms with Crippen molar-refractivity contribution >= 4 is 28.3 Å². The van der Waals surface area contributed by atoms with Crippen LogP contribution in [0.4, 0.5) is 24.5 Å². The largest absolute Gasteiger partial charge is 0.493 e. The predicted octanol–water partition coefficient (Wildman–Crippen LogP) is 6.62. The minimum Gasteiger partial charge on any atom is -0.493 e. The number of H-pyrrole nitrogens is 1. The second-order valence-electron chi connectivity index (χ2n) is 10.9. The number of hydrogen-bond acceptors (Lipinski definition) is 5. The number of nitrogens with one attached hydrogen (secondary N) is 1. The number of carbonyl (C=O) groups excluding carboxylic acids is 1. The third kappa shape index (κ3) is 5.66. The topological polar surface area (TPSA) is 97.5 Å². The number of hydrogen-bond donors (Lipinski definition) is 1. The van der Waals surface area contributed by atoms with Gasteiger partial charge in [0, 0.05) is 25.2 Å². The van der Waals surface area contributed by atoms with E-state index in [0.29, 0.717) is 54.0 Å². The van der Waals surface area contributed by atoms with Gasteiger partial charge in [-0.05, 0) is 61.9 Å². The number of ether oxygens (including phenoxy) is 1. The van der Waals surface area contributed by atoms with Gasteiger partial charge in [-0.2, -0.15) is 18.3 Å². The molecular weight excluding hydrogens is 573 g/mol. The van der Waals surface area contributed by atoms with Crippen molar-refractivity contribution in [1.29, 1.82) is 0 Å². The molecule has 2 aromatic carbocycles. The van der Waals surface area contributed by atoms with Crippen molar-refractivity contribution in [2.45, 2.75) is 65.1 Å². The number of aryl methyl sites for hydroxylation is 2. The molecule has 0 aliphatic carbocycles. The van der Waals surface area contributed by atoms with Crippen LogP contribution in [-0.4, -0.2) is 38.3 Å². The second kappa shape index (κ2) is 12.1. The van der Waals surface area contributed by atoms with Crippen LogP contribution in [-0.2, 0) is 30.9 Å². The fourth-order valence-electron chi connectivity index (χ4n) is 6.17. The lowest BCUT2D eigenvalue weighted by atomic mass is 9.90. The third-order valence-corrected chi connectivity index (χ3v) is 8.03. The van der Waals surface area contributed by atoms with Crippen LogP contribution in [0.15, 0.2) is 41.2 Å². The van der Waals surface area contributed by atoms with Crippen molar-refractivity contribution in [2.75, 3.05) is 11.5 Å². The van der Waals surface area contributed by atoms with Crippen LogP contribution >= 0.6 is 0 Å². The molecule has 2 aromatic heterocycles. The summed E-state index contributed by atoms with van der Waals surface area (Å²) >= 11 is 0. The standard InChI is InChI=1S/C32H33F3N6O3/c1-6-9-24-28-29(40(5)39-24)31(43)38-30(37-28)21-15-18(10-13-26(21)44-8-3)14-19-16-27(42)41(25(19)7-2)20-11-12-23(36-4)22(17-20)32(33,34)35/h10-13,15,17,19,25H,6-9,14,16H2,1-3,5H3,(H,37,38,43)/t19-,25-/m0/s1.